The largest absolute Gasteiger partial charge is 0.488 e. The second kappa shape index (κ2) is 5.72. The van der Waals surface area contributed by atoms with Crippen LogP contribution in [0.3, 0.4) is 0 Å². The van der Waals surface area contributed by atoms with Crippen LogP contribution in [0.5, 0.6) is 5.75 Å². The fourth-order valence-corrected chi connectivity index (χ4v) is 3.25. The number of ether oxygens (including phenoxy) is 1. The molecule has 1 aromatic carbocycles. The van der Waals surface area contributed by atoms with E-state index >= 15 is 0 Å². The van der Waals surface area contributed by atoms with E-state index < -0.39 is 0 Å². The van der Waals surface area contributed by atoms with E-state index in [4.69, 9.17) is 4.74 Å². The Hall–Kier alpha value is -1.39. The first-order valence-corrected chi connectivity index (χ1v) is 7.62. The molecule has 1 aromatic heterocycles. The second-order valence-electron chi connectivity index (χ2n) is 4.79. The van der Waals surface area contributed by atoms with Crippen LogP contribution < -0.4 is 10.1 Å². The molecule has 4 heteroatoms. The zero-order chi connectivity index (χ0) is 13.1. The number of rotatable bonds is 5. The minimum absolute atomic E-state index is 0.242. The lowest BCUT2D eigenvalue weighted by Crippen LogP contribution is -2.32. The first kappa shape index (κ1) is 12.6. The maximum absolute atomic E-state index is 5.94. The summed E-state index contributed by atoms with van der Waals surface area (Å²) in [6.07, 6.45) is 4.16. The van der Waals surface area contributed by atoms with Crippen molar-refractivity contribution in [2.24, 2.45) is 0 Å². The van der Waals surface area contributed by atoms with Crippen molar-refractivity contribution in [2.75, 3.05) is 6.54 Å². The van der Waals surface area contributed by atoms with Crippen molar-refractivity contribution >= 4 is 11.3 Å². The summed E-state index contributed by atoms with van der Waals surface area (Å²) in [6.45, 7) is 3.05. The zero-order valence-corrected chi connectivity index (χ0v) is 11.8. The van der Waals surface area contributed by atoms with Gasteiger partial charge in [0.2, 0.25) is 0 Å². The molecule has 1 aliphatic heterocycles. The van der Waals surface area contributed by atoms with Crippen molar-refractivity contribution in [1.82, 2.24) is 10.3 Å². The molecule has 0 bridgehead atoms. The number of hydrogen-bond donors (Lipinski definition) is 1. The Morgan fingerprint density at radius 1 is 1.47 bits per heavy atom. The monoisotopic (exact) mass is 274 g/mol. The van der Waals surface area contributed by atoms with Gasteiger partial charge in [0.05, 0.1) is 6.04 Å². The standard InChI is InChI=1S/C15H18N2OS/c1-2-13(15-16-7-8-19-15)17-10-12-9-11-5-3-4-6-14(11)18-12/h3-8,12-13,17H,2,9-10H2,1H3. The Kier molecular flexibility index (Phi) is 3.80. The minimum atomic E-state index is 0.242. The van der Waals surface area contributed by atoms with Gasteiger partial charge in [-0.2, -0.15) is 0 Å². The van der Waals surface area contributed by atoms with Crippen LogP contribution in [-0.4, -0.2) is 17.6 Å². The normalized spacial score (nSPS) is 18.9. The number of para-hydroxylation sites is 1. The number of aromatic nitrogens is 1. The molecule has 0 saturated carbocycles. The van der Waals surface area contributed by atoms with Gasteiger partial charge >= 0.3 is 0 Å². The third-order valence-electron chi connectivity index (χ3n) is 3.46. The van der Waals surface area contributed by atoms with Crippen LogP contribution in [0, 0.1) is 0 Å². The zero-order valence-electron chi connectivity index (χ0n) is 11.0. The number of benzene rings is 1. The van der Waals surface area contributed by atoms with Crippen LogP contribution in [-0.2, 0) is 6.42 Å². The molecular weight excluding hydrogens is 256 g/mol. The first-order chi connectivity index (χ1) is 9.36. The number of nitrogens with zero attached hydrogens (tertiary/aromatic N) is 1. The van der Waals surface area contributed by atoms with E-state index in [0.717, 1.165) is 30.1 Å². The van der Waals surface area contributed by atoms with E-state index in [1.807, 2.05) is 23.7 Å². The van der Waals surface area contributed by atoms with Crippen molar-refractivity contribution in [3.8, 4) is 5.75 Å². The lowest BCUT2D eigenvalue weighted by Gasteiger charge is -2.17. The van der Waals surface area contributed by atoms with Crippen LogP contribution >= 0.6 is 11.3 Å². The van der Waals surface area contributed by atoms with E-state index in [1.54, 1.807) is 11.3 Å². The molecule has 3 rings (SSSR count). The summed E-state index contributed by atoms with van der Waals surface area (Å²) in [7, 11) is 0. The quantitative estimate of drug-likeness (QED) is 0.909. The van der Waals surface area contributed by atoms with Gasteiger partial charge in [-0.05, 0) is 18.1 Å². The van der Waals surface area contributed by atoms with E-state index in [-0.39, 0.29) is 6.10 Å². The average molecular weight is 274 g/mol. The molecule has 2 unspecified atom stereocenters. The lowest BCUT2D eigenvalue weighted by molar-refractivity contribution is 0.220. The van der Waals surface area contributed by atoms with Crippen LogP contribution in [0.1, 0.15) is 30.0 Å². The highest BCUT2D eigenvalue weighted by Crippen LogP contribution is 2.28. The summed E-state index contributed by atoms with van der Waals surface area (Å²) in [4.78, 5) is 4.39. The maximum atomic E-state index is 5.94. The van der Waals surface area contributed by atoms with Gasteiger partial charge in [0.1, 0.15) is 16.9 Å². The predicted molar refractivity (Wildman–Crippen MR) is 77.7 cm³/mol. The Labute approximate surface area is 117 Å². The Balaban J connectivity index is 1.56. The summed E-state index contributed by atoms with van der Waals surface area (Å²) in [5, 5.41) is 6.77. The topological polar surface area (TPSA) is 34.1 Å². The Bertz CT molecular complexity index is 502. The summed E-state index contributed by atoms with van der Waals surface area (Å²) in [6, 6.07) is 8.63. The average Bonchev–Trinajstić information content (AvgIpc) is 3.08. The highest BCUT2D eigenvalue weighted by Gasteiger charge is 2.23. The van der Waals surface area contributed by atoms with Crippen molar-refractivity contribution < 1.29 is 4.74 Å². The molecule has 2 atom stereocenters. The molecule has 0 aliphatic carbocycles. The summed E-state index contributed by atoms with van der Waals surface area (Å²) >= 11 is 1.71. The fraction of sp³-hybridized carbons (Fsp3) is 0.400. The molecule has 0 saturated heterocycles. The molecule has 19 heavy (non-hydrogen) atoms. The van der Waals surface area contributed by atoms with Gasteiger partial charge < -0.3 is 10.1 Å². The van der Waals surface area contributed by atoms with Crippen molar-refractivity contribution in [3.05, 3.63) is 46.4 Å². The van der Waals surface area contributed by atoms with Gasteiger partial charge in [-0.3, -0.25) is 0 Å². The molecule has 0 spiro atoms. The molecule has 100 valence electrons. The van der Waals surface area contributed by atoms with Crippen LogP contribution in [0.15, 0.2) is 35.8 Å². The molecule has 1 N–H and O–H groups in total. The van der Waals surface area contributed by atoms with E-state index in [1.165, 1.54) is 5.56 Å². The third-order valence-corrected chi connectivity index (χ3v) is 4.35. The lowest BCUT2D eigenvalue weighted by atomic mass is 10.1. The van der Waals surface area contributed by atoms with E-state index in [0.29, 0.717) is 6.04 Å². The van der Waals surface area contributed by atoms with Gasteiger partial charge in [-0.1, -0.05) is 25.1 Å². The molecular formula is C15H18N2OS. The van der Waals surface area contributed by atoms with Gasteiger partial charge in [-0.25, -0.2) is 4.98 Å². The van der Waals surface area contributed by atoms with Crippen molar-refractivity contribution in [2.45, 2.75) is 31.9 Å². The summed E-state index contributed by atoms with van der Waals surface area (Å²) < 4.78 is 5.94. The van der Waals surface area contributed by atoms with Gasteiger partial charge in [0.15, 0.2) is 0 Å². The number of fused-ring (bicyclic) bond motifs is 1. The number of nitrogens with one attached hydrogen (secondary N) is 1. The molecule has 0 fully saturated rings. The van der Waals surface area contributed by atoms with Crippen molar-refractivity contribution in [3.63, 3.8) is 0 Å². The van der Waals surface area contributed by atoms with E-state index in [2.05, 4.69) is 29.4 Å². The van der Waals surface area contributed by atoms with E-state index in [9.17, 15) is 0 Å². The fourth-order valence-electron chi connectivity index (χ4n) is 2.45. The predicted octanol–water partition coefficient (Wildman–Crippen LogP) is 3.19. The Morgan fingerprint density at radius 3 is 3.11 bits per heavy atom. The molecule has 2 aromatic rings. The molecule has 0 radical (unpaired) electrons. The third kappa shape index (κ3) is 2.80. The second-order valence-corrected chi connectivity index (χ2v) is 5.72. The summed E-state index contributed by atoms with van der Waals surface area (Å²) in [5.74, 6) is 1.04. The summed E-state index contributed by atoms with van der Waals surface area (Å²) in [5.41, 5.74) is 1.32. The van der Waals surface area contributed by atoms with Crippen LogP contribution in [0.2, 0.25) is 0 Å². The minimum Gasteiger partial charge on any atom is -0.488 e. The maximum Gasteiger partial charge on any atom is 0.123 e. The molecule has 1 aliphatic rings. The van der Waals surface area contributed by atoms with Gasteiger partial charge in [-0.15, -0.1) is 11.3 Å². The molecule has 2 heterocycles. The highest BCUT2D eigenvalue weighted by atomic mass is 32.1. The molecule has 0 amide bonds. The SMILES string of the molecule is CCC(NCC1Cc2ccccc2O1)c1nccs1. The highest BCUT2D eigenvalue weighted by molar-refractivity contribution is 7.09. The van der Waals surface area contributed by atoms with Crippen LogP contribution in [0.25, 0.3) is 0 Å². The van der Waals surface area contributed by atoms with Gasteiger partial charge in [0, 0.05) is 24.5 Å². The first-order valence-electron chi connectivity index (χ1n) is 6.74. The number of hydrogen-bond acceptors (Lipinski definition) is 4. The van der Waals surface area contributed by atoms with Gasteiger partial charge in [0.25, 0.3) is 0 Å². The smallest absolute Gasteiger partial charge is 0.123 e. The van der Waals surface area contributed by atoms with Crippen LogP contribution in [0.4, 0.5) is 0 Å². The van der Waals surface area contributed by atoms with Crippen molar-refractivity contribution in [1.29, 1.82) is 0 Å². The number of thiazole rings is 1. The Morgan fingerprint density at radius 2 is 2.37 bits per heavy atom. The molecule has 3 nitrogen and oxygen atoms in total.